The summed E-state index contributed by atoms with van der Waals surface area (Å²) < 4.78 is 5.74. The molecule has 1 atom stereocenters. The highest BCUT2D eigenvalue weighted by Crippen LogP contribution is 2.27. The average Bonchev–Trinajstić information content (AvgIpc) is 2.70. The lowest BCUT2D eigenvalue weighted by atomic mass is 10.1. The monoisotopic (exact) mass is 316 g/mol. The molecule has 112 valence electrons. The molecule has 1 N–H and O–H groups in total. The van der Waals surface area contributed by atoms with Crippen LogP contribution in [0.3, 0.4) is 0 Å². The fraction of sp³-hybridized carbons (Fsp3) is 0.600. The number of halogens is 2. The van der Waals surface area contributed by atoms with E-state index in [0.29, 0.717) is 28.4 Å². The highest BCUT2D eigenvalue weighted by Gasteiger charge is 2.16. The number of ether oxygens (including phenoxy) is 1. The minimum Gasteiger partial charge on any atom is -0.491 e. The molecule has 0 spiro atoms. The Morgan fingerprint density at radius 3 is 2.95 bits per heavy atom. The van der Waals surface area contributed by atoms with E-state index >= 15 is 0 Å². The SMILES string of the molecule is CN(CCOc1ccc(Cl)cc1Cl)C1CCCNCC1. The van der Waals surface area contributed by atoms with Gasteiger partial charge >= 0.3 is 0 Å². The molecule has 1 saturated heterocycles. The Labute approximate surface area is 131 Å². The first-order valence-corrected chi connectivity index (χ1v) is 7.91. The number of rotatable bonds is 5. The molecule has 0 aliphatic carbocycles. The molecule has 1 heterocycles. The predicted octanol–water partition coefficient (Wildman–Crippen LogP) is 3.45. The molecule has 1 aromatic rings. The van der Waals surface area contributed by atoms with Crippen LogP contribution in [0.5, 0.6) is 5.75 Å². The molecular formula is C15H22Cl2N2O. The lowest BCUT2D eigenvalue weighted by molar-refractivity contribution is 0.180. The predicted molar refractivity (Wildman–Crippen MR) is 85.1 cm³/mol. The van der Waals surface area contributed by atoms with Crippen molar-refractivity contribution in [1.82, 2.24) is 10.2 Å². The van der Waals surface area contributed by atoms with Gasteiger partial charge in [-0.2, -0.15) is 0 Å². The van der Waals surface area contributed by atoms with Gasteiger partial charge in [-0.1, -0.05) is 23.2 Å². The molecule has 1 aliphatic rings. The van der Waals surface area contributed by atoms with Crippen LogP contribution in [0.25, 0.3) is 0 Å². The maximum Gasteiger partial charge on any atom is 0.138 e. The van der Waals surface area contributed by atoms with E-state index in [4.69, 9.17) is 27.9 Å². The van der Waals surface area contributed by atoms with E-state index in [9.17, 15) is 0 Å². The van der Waals surface area contributed by atoms with Crippen LogP contribution in [-0.2, 0) is 0 Å². The summed E-state index contributed by atoms with van der Waals surface area (Å²) in [5.74, 6) is 0.701. The number of likely N-dealkylation sites (N-methyl/N-ethyl adjacent to an activating group) is 1. The molecule has 1 fully saturated rings. The van der Waals surface area contributed by atoms with Crippen LogP contribution >= 0.6 is 23.2 Å². The van der Waals surface area contributed by atoms with E-state index in [-0.39, 0.29) is 0 Å². The van der Waals surface area contributed by atoms with E-state index in [1.165, 1.54) is 19.3 Å². The number of nitrogens with zero attached hydrogens (tertiary/aromatic N) is 1. The Bertz CT molecular complexity index is 420. The Morgan fingerprint density at radius 1 is 1.30 bits per heavy atom. The van der Waals surface area contributed by atoms with Crippen molar-refractivity contribution in [3.63, 3.8) is 0 Å². The summed E-state index contributed by atoms with van der Waals surface area (Å²) in [5, 5.41) is 4.64. The van der Waals surface area contributed by atoms with Crippen molar-refractivity contribution in [2.75, 3.05) is 33.3 Å². The highest BCUT2D eigenvalue weighted by molar-refractivity contribution is 6.35. The van der Waals surface area contributed by atoms with E-state index < -0.39 is 0 Å². The average molecular weight is 317 g/mol. The van der Waals surface area contributed by atoms with E-state index in [1.54, 1.807) is 12.1 Å². The van der Waals surface area contributed by atoms with E-state index in [1.807, 2.05) is 6.07 Å². The minimum absolute atomic E-state index is 0.568. The van der Waals surface area contributed by atoms with Gasteiger partial charge in [0.1, 0.15) is 12.4 Å². The van der Waals surface area contributed by atoms with Crippen LogP contribution in [0.2, 0.25) is 10.0 Å². The zero-order valence-corrected chi connectivity index (χ0v) is 13.4. The second-order valence-electron chi connectivity index (χ2n) is 5.24. The second kappa shape index (κ2) is 8.08. The van der Waals surface area contributed by atoms with Crippen molar-refractivity contribution in [2.24, 2.45) is 0 Å². The lowest BCUT2D eigenvalue weighted by Crippen LogP contribution is -2.35. The molecular weight excluding hydrogens is 295 g/mol. The Morgan fingerprint density at radius 2 is 2.15 bits per heavy atom. The van der Waals surface area contributed by atoms with Crippen molar-refractivity contribution in [2.45, 2.75) is 25.3 Å². The standard InChI is InChI=1S/C15H22Cl2N2O/c1-19(13-3-2-7-18-8-6-13)9-10-20-15-5-4-12(16)11-14(15)17/h4-5,11,13,18H,2-3,6-10H2,1H3. The van der Waals surface area contributed by atoms with Gasteiger partial charge in [0.05, 0.1) is 5.02 Å². The molecule has 3 nitrogen and oxygen atoms in total. The lowest BCUT2D eigenvalue weighted by Gasteiger charge is -2.26. The van der Waals surface area contributed by atoms with Gasteiger partial charge < -0.3 is 10.1 Å². The molecule has 5 heteroatoms. The maximum absolute atomic E-state index is 6.08. The van der Waals surface area contributed by atoms with Crippen LogP contribution in [0.15, 0.2) is 18.2 Å². The normalized spacial score (nSPS) is 19.9. The van der Waals surface area contributed by atoms with E-state index in [2.05, 4.69) is 17.3 Å². The zero-order chi connectivity index (χ0) is 14.4. The first kappa shape index (κ1) is 15.9. The van der Waals surface area contributed by atoms with Crippen molar-refractivity contribution in [1.29, 1.82) is 0 Å². The molecule has 20 heavy (non-hydrogen) atoms. The third-order valence-corrected chi connectivity index (χ3v) is 4.29. The fourth-order valence-corrected chi connectivity index (χ4v) is 2.98. The van der Waals surface area contributed by atoms with Crippen LogP contribution in [-0.4, -0.2) is 44.2 Å². The molecule has 0 bridgehead atoms. The van der Waals surface area contributed by atoms with Gasteiger partial charge in [0.2, 0.25) is 0 Å². The first-order chi connectivity index (χ1) is 9.66. The van der Waals surface area contributed by atoms with Crippen molar-refractivity contribution >= 4 is 23.2 Å². The summed E-state index contributed by atoms with van der Waals surface area (Å²) in [6.07, 6.45) is 3.71. The summed E-state index contributed by atoms with van der Waals surface area (Å²) in [6, 6.07) is 5.97. The Hall–Kier alpha value is -0.480. The van der Waals surface area contributed by atoms with Crippen molar-refractivity contribution in [3.05, 3.63) is 28.2 Å². The largest absolute Gasteiger partial charge is 0.491 e. The number of hydrogen-bond acceptors (Lipinski definition) is 3. The second-order valence-corrected chi connectivity index (χ2v) is 6.08. The van der Waals surface area contributed by atoms with Crippen molar-refractivity contribution in [3.8, 4) is 5.75 Å². The molecule has 2 rings (SSSR count). The molecule has 1 aromatic carbocycles. The third kappa shape index (κ3) is 4.81. The van der Waals surface area contributed by atoms with E-state index in [0.717, 1.165) is 19.6 Å². The van der Waals surface area contributed by atoms with Gasteiger partial charge in [-0.15, -0.1) is 0 Å². The third-order valence-electron chi connectivity index (χ3n) is 3.76. The summed E-state index contributed by atoms with van der Waals surface area (Å²) in [6.45, 7) is 3.80. The molecule has 1 unspecified atom stereocenters. The molecule has 0 amide bonds. The summed E-state index contributed by atoms with van der Waals surface area (Å²) in [7, 11) is 2.17. The van der Waals surface area contributed by atoms with Gasteiger partial charge in [0, 0.05) is 17.6 Å². The van der Waals surface area contributed by atoms with Crippen LogP contribution in [0.1, 0.15) is 19.3 Å². The van der Waals surface area contributed by atoms with Gasteiger partial charge in [0.15, 0.2) is 0 Å². The van der Waals surface area contributed by atoms with Gasteiger partial charge in [-0.25, -0.2) is 0 Å². The first-order valence-electron chi connectivity index (χ1n) is 7.15. The van der Waals surface area contributed by atoms with Gasteiger partial charge in [-0.3, -0.25) is 4.90 Å². The Kier molecular flexibility index (Phi) is 6.43. The molecule has 0 aromatic heterocycles. The number of nitrogens with one attached hydrogen (secondary N) is 1. The van der Waals surface area contributed by atoms with Crippen LogP contribution in [0.4, 0.5) is 0 Å². The smallest absolute Gasteiger partial charge is 0.138 e. The Balaban J connectivity index is 1.76. The number of benzene rings is 1. The van der Waals surface area contributed by atoms with Gasteiger partial charge in [-0.05, 0) is 57.6 Å². The zero-order valence-electron chi connectivity index (χ0n) is 11.9. The summed E-state index contributed by atoms with van der Waals surface area (Å²) in [4.78, 5) is 2.39. The van der Waals surface area contributed by atoms with Gasteiger partial charge in [0.25, 0.3) is 0 Å². The molecule has 0 radical (unpaired) electrons. The fourth-order valence-electron chi connectivity index (χ4n) is 2.52. The van der Waals surface area contributed by atoms with Crippen LogP contribution < -0.4 is 10.1 Å². The van der Waals surface area contributed by atoms with Crippen molar-refractivity contribution < 1.29 is 4.74 Å². The minimum atomic E-state index is 0.568. The topological polar surface area (TPSA) is 24.5 Å². The summed E-state index contributed by atoms with van der Waals surface area (Å²) in [5.41, 5.74) is 0. The quantitative estimate of drug-likeness (QED) is 0.900. The van der Waals surface area contributed by atoms with Crippen LogP contribution in [0, 0.1) is 0 Å². The molecule has 0 saturated carbocycles. The maximum atomic E-state index is 6.08. The molecule has 1 aliphatic heterocycles. The number of hydrogen-bond donors (Lipinski definition) is 1. The summed E-state index contributed by atoms with van der Waals surface area (Å²) >= 11 is 11.9. The highest BCUT2D eigenvalue weighted by atomic mass is 35.5.